The number of nitrogens with one attached hydrogen (secondary N) is 2. The molecule has 0 bridgehead atoms. The first-order chi connectivity index (χ1) is 13.7. The molecular formula is C19H25F3N4O3. The number of hydrogen-bond donors (Lipinski definition) is 3. The quantitative estimate of drug-likeness (QED) is 0.639. The number of anilines is 1. The number of benzene rings is 1. The van der Waals surface area contributed by atoms with E-state index < -0.39 is 11.7 Å². The van der Waals surface area contributed by atoms with E-state index in [1.807, 2.05) is 4.90 Å². The lowest BCUT2D eigenvalue weighted by Crippen LogP contribution is -2.71. The number of nitrogens with zero attached hydrogens (tertiary/aromatic N) is 2. The minimum Gasteiger partial charge on any atom is -0.370 e. The lowest BCUT2D eigenvalue weighted by atomic mass is 9.74. The number of fused-ring (bicyclic) bond motifs is 1. The van der Waals surface area contributed by atoms with Gasteiger partial charge < -0.3 is 25.5 Å². The summed E-state index contributed by atoms with van der Waals surface area (Å²) in [5, 5.41) is 16.5. The van der Waals surface area contributed by atoms with Gasteiger partial charge in [0.2, 0.25) is 5.91 Å². The highest BCUT2D eigenvalue weighted by Gasteiger charge is 2.51. The van der Waals surface area contributed by atoms with E-state index in [1.165, 1.54) is 17.2 Å². The minimum atomic E-state index is -4.28. The van der Waals surface area contributed by atoms with Crippen molar-refractivity contribution in [2.45, 2.75) is 24.7 Å². The minimum absolute atomic E-state index is 0.00921. The van der Waals surface area contributed by atoms with Crippen LogP contribution in [0.25, 0.3) is 0 Å². The van der Waals surface area contributed by atoms with Crippen LogP contribution in [0, 0.1) is 5.41 Å². The van der Waals surface area contributed by atoms with Gasteiger partial charge >= 0.3 is 6.18 Å². The van der Waals surface area contributed by atoms with E-state index in [-0.39, 0.29) is 30.1 Å². The van der Waals surface area contributed by atoms with Gasteiger partial charge in [0.15, 0.2) is 0 Å². The Morgan fingerprint density at radius 3 is 2.45 bits per heavy atom. The van der Waals surface area contributed by atoms with Crippen LogP contribution in [-0.4, -0.2) is 74.2 Å². The third-order valence-corrected chi connectivity index (χ3v) is 5.84. The standard InChI is InChI=1S/C12H13F3N2O.C7H12N2O2/c13-12(14,15)9-1-3-10(4-2-9)16-5-11(6-16)7-17(18)8-11;10-7-4-11-6-1-2-8-3-5(6)9-7/h1-4,18H,5-8H2;5-6,8H,1-4H2,(H,9,10)/t;5-,6+/m.1/s1. The Labute approximate surface area is 166 Å². The van der Waals surface area contributed by atoms with Crippen LogP contribution in [0.3, 0.4) is 0 Å². The number of hydrogen-bond acceptors (Lipinski definition) is 6. The van der Waals surface area contributed by atoms with E-state index in [1.54, 1.807) is 0 Å². The van der Waals surface area contributed by atoms with Crippen molar-refractivity contribution in [2.75, 3.05) is 50.8 Å². The third kappa shape index (κ3) is 4.50. The van der Waals surface area contributed by atoms with E-state index >= 15 is 0 Å². The number of alkyl halides is 3. The molecule has 0 saturated carbocycles. The Morgan fingerprint density at radius 2 is 1.83 bits per heavy atom. The highest BCUT2D eigenvalue weighted by molar-refractivity contribution is 5.78. The van der Waals surface area contributed by atoms with Crippen molar-refractivity contribution >= 4 is 11.6 Å². The molecule has 4 fully saturated rings. The van der Waals surface area contributed by atoms with Crippen molar-refractivity contribution in [2.24, 2.45) is 5.41 Å². The first-order valence-corrected chi connectivity index (χ1v) is 9.72. The van der Waals surface area contributed by atoms with Crippen LogP contribution in [0.1, 0.15) is 12.0 Å². The summed E-state index contributed by atoms with van der Waals surface area (Å²) in [7, 11) is 0. The molecule has 0 aliphatic carbocycles. The van der Waals surface area contributed by atoms with Crippen molar-refractivity contribution in [3.8, 4) is 0 Å². The second-order valence-electron chi connectivity index (χ2n) is 8.24. The Kier molecular flexibility index (Phi) is 5.45. The number of halogens is 3. The predicted molar refractivity (Wildman–Crippen MR) is 98.6 cm³/mol. The van der Waals surface area contributed by atoms with Gasteiger partial charge in [-0.3, -0.25) is 4.79 Å². The topological polar surface area (TPSA) is 77.1 Å². The maximum atomic E-state index is 12.4. The third-order valence-electron chi connectivity index (χ3n) is 5.84. The molecule has 3 N–H and O–H groups in total. The molecule has 4 aliphatic rings. The molecule has 2 atom stereocenters. The van der Waals surface area contributed by atoms with Gasteiger partial charge in [0.1, 0.15) is 6.61 Å². The fourth-order valence-electron chi connectivity index (χ4n) is 4.34. The van der Waals surface area contributed by atoms with Crippen LogP contribution in [0.2, 0.25) is 0 Å². The highest BCUT2D eigenvalue weighted by Crippen LogP contribution is 2.41. The fourth-order valence-corrected chi connectivity index (χ4v) is 4.34. The molecule has 4 saturated heterocycles. The van der Waals surface area contributed by atoms with Crippen molar-refractivity contribution in [3.63, 3.8) is 0 Å². The molecule has 4 aliphatic heterocycles. The molecule has 160 valence electrons. The number of amides is 1. The van der Waals surface area contributed by atoms with E-state index in [4.69, 9.17) is 9.94 Å². The van der Waals surface area contributed by atoms with Crippen LogP contribution in [0.4, 0.5) is 18.9 Å². The molecule has 0 unspecified atom stereocenters. The molecule has 5 rings (SSSR count). The zero-order valence-corrected chi connectivity index (χ0v) is 15.9. The summed E-state index contributed by atoms with van der Waals surface area (Å²) in [6.45, 7) is 4.99. The van der Waals surface area contributed by atoms with Gasteiger partial charge in [-0.25, -0.2) is 0 Å². The van der Waals surface area contributed by atoms with Crippen molar-refractivity contribution in [1.82, 2.24) is 15.7 Å². The van der Waals surface area contributed by atoms with Crippen LogP contribution in [0.5, 0.6) is 0 Å². The van der Waals surface area contributed by atoms with E-state index in [9.17, 15) is 18.0 Å². The number of carbonyl (C=O) groups is 1. The van der Waals surface area contributed by atoms with Crippen molar-refractivity contribution in [3.05, 3.63) is 29.8 Å². The SMILES string of the molecule is O=C1CO[C@H]2CCNC[C@H]2N1.ON1CC2(C1)CN(c1ccc(C(F)(F)F)cc1)C2. The zero-order valence-electron chi connectivity index (χ0n) is 15.9. The summed E-state index contributed by atoms with van der Waals surface area (Å²) in [4.78, 5) is 12.9. The van der Waals surface area contributed by atoms with Gasteiger partial charge in [-0.05, 0) is 37.2 Å². The number of rotatable bonds is 1. The van der Waals surface area contributed by atoms with Gasteiger partial charge in [0, 0.05) is 43.8 Å². The second kappa shape index (κ2) is 7.75. The number of piperidine rings is 1. The second-order valence-corrected chi connectivity index (χ2v) is 8.24. The molecule has 1 amide bonds. The molecule has 0 radical (unpaired) electrons. The lowest BCUT2D eigenvalue weighted by Gasteiger charge is -2.59. The van der Waals surface area contributed by atoms with Crippen LogP contribution in [-0.2, 0) is 15.7 Å². The van der Waals surface area contributed by atoms with Gasteiger partial charge in [-0.1, -0.05) is 0 Å². The molecule has 10 heteroatoms. The van der Waals surface area contributed by atoms with E-state index in [0.717, 1.165) is 50.4 Å². The average Bonchev–Trinajstić information content (AvgIpc) is 2.63. The van der Waals surface area contributed by atoms with E-state index in [2.05, 4.69) is 10.6 Å². The largest absolute Gasteiger partial charge is 0.416 e. The number of carbonyl (C=O) groups excluding carboxylic acids is 1. The van der Waals surface area contributed by atoms with Crippen molar-refractivity contribution in [1.29, 1.82) is 0 Å². The van der Waals surface area contributed by atoms with Crippen LogP contribution < -0.4 is 15.5 Å². The van der Waals surface area contributed by atoms with E-state index in [0.29, 0.717) is 13.1 Å². The van der Waals surface area contributed by atoms with Gasteiger partial charge in [-0.15, -0.1) is 0 Å². The summed E-state index contributed by atoms with van der Waals surface area (Å²) in [5.74, 6) is 0.00921. The summed E-state index contributed by atoms with van der Waals surface area (Å²) >= 11 is 0. The first-order valence-electron chi connectivity index (χ1n) is 9.72. The molecule has 1 aromatic carbocycles. The zero-order chi connectivity index (χ0) is 20.6. The average molecular weight is 414 g/mol. The number of hydroxylamine groups is 2. The first kappa shape index (κ1) is 20.4. The highest BCUT2D eigenvalue weighted by atomic mass is 19.4. The Bertz CT molecular complexity index is 729. The smallest absolute Gasteiger partial charge is 0.370 e. The molecular weight excluding hydrogens is 389 g/mol. The maximum Gasteiger partial charge on any atom is 0.416 e. The predicted octanol–water partition coefficient (Wildman–Crippen LogP) is 1.08. The van der Waals surface area contributed by atoms with Crippen LogP contribution >= 0.6 is 0 Å². The van der Waals surface area contributed by atoms with Gasteiger partial charge in [0.25, 0.3) is 0 Å². The summed E-state index contributed by atoms with van der Waals surface area (Å²) < 4.78 is 42.5. The molecule has 4 heterocycles. The molecule has 1 aromatic rings. The lowest BCUT2D eigenvalue weighted by molar-refractivity contribution is -0.214. The summed E-state index contributed by atoms with van der Waals surface area (Å²) in [5.41, 5.74) is 0.342. The number of morpholine rings is 1. The molecule has 0 aromatic heterocycles. The number of ether oxygens (including phenoxy) is 1. The summed E-state index contributed by atoms with van der Waals surface area (Å²) in [6, 6.07) is 5.43. The Morgan fingerprint density at radius 1 is 1.14 bits per heavy atom. The molecule has 7 nitrogen and oxygen atoms in total. The van der Waals surface area contributed by atoms with Gasteiger partial charge in [0.05, 0.1) is 17.7 Å². The Hall–Kier alpha value is -1.88. The van der Waals surface area contributed by atoms with Gasteiger partial charge in [-0.2, -0.15) is 18.2 Å². The van der Waals surface area contributed by atoms with Crippen LogP contribution in [0.15, 0.2) is 24.3 Å². The molecule has 1 spiro atoms. The molecule has 29 heavy (non-hydrogen) atoms. The maximum absolute atomic E-state index is 12.4. The Balaban J connectivity index is 0.000000159. The fraction of sp³-hybridized carbons (Fsp3) is 0.632. The summed E-state index contributed by atoms with van der Waals surface area (Å²) in [6.07, 6.45) is -3.03. The van der Waals surface area contributed by atoms with Crippen molar-refractivity contribution < 1.29 is 27.9 Å². The monoisotopic (exact) mass is 414 g/mol. The normalized spacial score (nSPS) is 28.4.